The minimum absolute atomic E-state index is 0.191. The van der Waals surface area contributed by atoms with Crippen LogP contribution in [0.15, 0.2) is 71.4 Å². The second kappa shape index (κ2) is 8.33. The molecule has 0 bridgehead atoms. The highest BCUT2D eigenvalue weighted by Crippen LogP contribution is 2.31. The van der Waals surface area contributed by atoms with Crippen molar-refractivity contribution in [2.45, 2.75) is 12.7 Å². The molecule has 3 aromatic carbocycles. The van der Waals surface area contributed by atoms with Gasteiger partial charge in [0.25, 0.3) is 11.7 Å². The molecule has 6 nitrogen and oxygen atoms in total. The predicted molar refractivity (Wildman–Crippen MR) is 117 cm³/mol. The first-order valence-corrected chi connectivity index (χ1v) is 10.4. The third-order valence-electron chi connectivity index (χ3n) is 5.67. The average molecular weight is 466 g/mol. The van der Waals surface area contributed by atoms with E-state index in [9.17, 15) is 22.8 Å². The SMILES string of the molecule is O=C(c1ccc(C(=O)C(F)(F)F)cc1)N1CCOc2ccc(-c3ccc4oncc4c3)cc2C1. The summed E-state index contributed by atoms with van der Waals surface area (Å²) >= 11 is 0. The van der Waals surface area contributed by atoms with E-state index in [0.29, 0.717) is 17.9 Å². The second-order valence-corrected chi connectivity index (χ2v) is 7.88. The molecule has 0 fully saturated rings. The first-order valence-electron chi connectivity index (χ1n) is 10.4. The van der Waals surface area contributed by atoms with Crippen molar-refractivity contribution in [2.75, 3.05) is 13.2 Å². The monoisotopic (exact) mass is 466 g/mol. The number of benzene rings is 3. The summed E-state index contributed by atoms with van der Waals surface area (Å²) in [7, 11) is 0. The Morgan fingerprint density at radius 1 is 0.912 bits per heavy atom. The molecule has 9 heteroatoms. The standard InChI is InChI=1S/C25H17F3N2O4/c26-25(27,28)23(31)15-1-3-16(4-2-15)24(32)30-9-10-33-21-7-5-18(12-20(21)14-30)17-6-8-22-19(11-17)13-29-34-22/h1-8,11-13H,9-10,14H2. The molecule has 0 saturated carbocycles. The molecule has 1 amide bonds. The fraction of sp³-hybridized carbons (Fsp3) is 0.160. The van der Waals surface area contributed by atoms with Gasteiger partial charge in [-0.25, -0.2) is 0 Å². The summed E-state index contributed by atoms with van der Waals surface area (Å²) in [4.78, 5) is 26.0. The third-order valence-corrected chi connectivity index (χ3v) is 5.67. The van der Waals surface area contributed by atoms with Gasteiger partial charge in [-0.05, 0) is 47.5 Å². The minimum atomic E-state index is -4.96. The smallest absolute Gasteiger partial charge is 0.454 e. The van der Waals surface area contributed by atoms with Gasteiger partial charge in [0.05, 0.1) is 12.7 Å². The fourth-order valence-corrected chi connectivity index (χ4v) is 3.91. The van der Waals surface area contributed by atoms with Crippen LogP contribution in [0.2, 0.25) is 0 Å². The number of amides is 1. The number of nitrogens with zero attached hydrogens (tertiary/aromatic N) is 2. The molecule has 4 aromatic rings. The van der Waals surface area contributed by atoms with Gasteiger partial charge in [-0.1, -0.05) is 29.4 Å². The number of halogens is 3. The molecular formula is C25H17F3N2O4. The number of alkyl halides is 3. The highest BCUT2D eigenvalue weighted by atomic mass is 19.4. The number of carbonyl (C=O) groups is 2. The molecule has 1 aromatic heterocycles. The maximum absolute atomic E-state index is 13.1. The van der Waals surface area contributed by atoms with Crippen LogP contribution < -0.4 is 4.74 Å². The van der Waals surface area contributed by atoms with E-state index in [0.717, 1.165) is 34.2 Å². The van der Waals surface area contributed by atoms with E-state index in [-0.39, 0.29) is 24.6 Å². The number of ketones is 1. The first-order chi connectivity index (χ1) is 16.3. The molecule has 0 spiro atoms. The summed E-state index contributed by atoms with van der Waals surface area (Å²) in [5, 5.41) is 4.66. The van der Waals surface area contributed by atoms with Crippen LogP contribution in [-0.2, 0) is 6.54 Å². The van der Waals surface area contributed by atoms with Crippen molar-refractivity contribution in [1.29, 1.82) is 0 Å². The zero-order chi connectivity index (χ0) is 23.9. The molecule has 2 heterocycles. The number of Topliss-reactive ketones (excluding diaryl/α,β-unsaturated/α-hetero) is 1. The Labute approximate surface area is 191 Å². The van der Waals surface area contributed by atoms with Crippen LogP contribution in [0.1, 0.15) is 26.3 Å². The van der Waals surface area contributed by atoms with Crippen molar-refractivity contribution in [3.8, 4) is 16.9 Å². The van der Waals surface area contributed by atoms with Crippen LogP contribution >= 0.6 is 0 Å². The van der Waals surface area contributed by atoms with Gasteiger partial charge < -0.3 is 14.2 Å². The lowest BCUT2D eigenvalue weighted by Gasteiger charge is -2.20. The van der Waals surface area contributed by atoms with Crippen LogP contribution in [0.25, 0.3) is 22.1 Å². The van der Waals surface area contributed by atoms with Gasteiger partial charge in [-0.15, -0.1) is 0 Å². The van der Waals surface area contributed by atoms with E-state index < -0.39 is 17.5 Å². The quantitative estimate of drug-likeness (QED) is 0.385. The number of hydrogen-bond donors (Lipinski definition) is 0. The molecule has 0 aliphatic carbocycles. The molecule has 0 radical (unpaired) electrons. The Kier molecular flexibility index (Phi) is 5.31. The van der Waals surface area contributed by atoms with Gasteiger partial charge in [0.1, 0.15) is 12.4 Å². The Morgan fingerprint density at radius 2 is 1.62 bits per heavy atom. The van der Waals surface area contributed by atoms with E-state index >= 15 is 0 Å². The lowest BCUT2D eigenvalue weighted by atomic mass is 10.0. The molecule has 1 aliphatic rings. The highest BCUT2D eigenvalue weighted by Gasteiger charge is 2.39. The van der Waals surface area contributed by atoms with Crippen molar-refractivity contribution in [3.63, 3.8) is 0 Å². The largest absolute Gasteiger partial charge is 0.491 e. The zero-order valence-corrected chi connectivity index (χ0v) is 17.6. The number of aromatic nitrogens is 1. The molecule has 5 rings (SSSR count). The molecular weight excluding hydrogens is 449 g/mol. The average Bonchev–Trinajstić information content (AvgIpc) is 3.20. The highest BCUT2D eigenvalue weighted by molar-refractivity contribution is 6.01. The van der Waals surface area contributed by atoms with Gasteiger partial charge in [-0.3, -0.25) is 9.59 Å². The van der Waals surface area contributed by atoms with Crippen molar-refractivity contribution in [3.05, 3.63) is 83.6 Å². The van der Waals surface area contributed by atoms with Crippen LogP contribution in [0.3, 0.4) is 0 Å². The lowest BCUT2D eigenvalue weighted by Crippen LogP contribution is -2.32. The Balaban J connectivity index is 1.39. The number of carbonyl (C=O) groups excluding carboxylic acids is 2. The van der Waals surface area contributed by atoms with Crippen molar-refractivity contribution < 1.29 is 32.0 Å². The Morgan fingerprint density at radius 3 is 2.38 bits per heavy atom. The van der Waals surface area contributed by atoms with E-state index in [1.54, 1.807) is 11.1 Å². The Bertz CT molecular complexity index is 1390. The number of fused-ring (bicyclic) bond motifs is 2. The summed E-state index contributed by atoms with van der Waals surface area (Å²) < 4.78 is 48.9. The van der Waals surface area contributed by atoms with Gasteiger partial charge in [0.2, 0.25) is 0 Å². The van der Waals surface area contributed by atoms with Crippen molar-refractivity contribution >= 4 is 22.7 Å². The summed E-state index contributed by atoms with van der Waals surface area (Å²) in [6, 6.07) is 15.9. The van der Waals surface area contributed by atoms with E-state index in [1.807, 2.05) is 36.4 Å². The molecule has 34 heavy (non-hydrogen) atoms. The molecule has 0 N–H and O–H groups in total. The summed E-state index contributed by atoms with van der Waals surface area (Å²) in [6.45, 7) is 0.842. The summed E-state index contributed by atoms with van der Waals surface area (Å²) in [6.07, 6.45) is -3.33. The zero-order valence-electron chi connectivity index (χ0n) is 17.6. The lowest BCUT2D eigenvalue weighted by molar-refractivity contribution is -0.0885. The molecule has 0 atom stereocenters. The van der Waals surface area contributed by atoms with E-state index in [2.05, 4.69) is 5.16 Å². The van der Waals surface area contributed by atoms with Crippen molar-refractivity contribution in [1.82, 2.24) is 10.1 Å². The molecule has 172 valence electrons. The topological polar surface area (TPSA) is 72.6 Å². The van der Waals surface area contributed by atoms with Crippen LogP contribution in [0.4, 0.5) is 13.2 Å². The number of ether oxygens (including phenoxy) is 1. The summed E-state index contributed by atoms with van der Waals surface area (Å²) in [5.74, 6) is -1.64. The van der Waals surface area contributed by atoms with E-state index in [4.69, 9.17) is 9.26 Å². The predicted octanol–water partition coefficient (Wildman–Crippen LogP) is 5.27. The molecule has 0 saturated heterocycles. The minimum Gasteiger partial charge on any atom is -0.491 e. The summed E-state index contributed by atoms with van der Waals surface area (Å²) in [5.41, 5.74) is 3.04. The normalized spacial score (nSPS) is 13.8. The Hall–Kier alpha value is -4.14. The fourth-order valence-electron chi connectivity index (χ4n) is 3.91. The van der Waals surface area contributed by atoms with Gasteiger partial charge >= 0.3 is 6.18 Å². The van der Waals surface area contributed by atoms with Crippen LogP contribution in [0.5, 0.6) is 5.75 Å². The number of hydrogen-bond acceptors (Lipinski definition) is 5. The van der Waals surface area contributed by atoms with Crippen molar-refractivity contribution in [2.24, 2.45) is 0 Å². The molecule has 1 aliphatic heterocycles. The second-order valence-electron chi connectivity index (χ2n) is 7.88. The van der Waals surface area contributed by atoms with Crippen LogP contribution in [0, 0.1) is 0 Å². The van der Waals surface area contributed by atoms with Gasteiger partial charge in [0.15, 0.2) is 5.58 Å². The third kappa shape index (κ3) is 4.12. The van der Waals surface area contributed by atoms with E-state index in [1.165, 1.54) is 12.1 Å². The van der Waals surface area contributed by atoms with Crippen LogP contribution in [-0.4, -0.2) is 41.1 Å². The first kappa shape index (κ1) is 21.7. The van der Waals surface area contributed by atoms with Gasteiger partial charge in [-0.2, -0.15) is 13.2 Å². The maximum atomic E-state index is 13.1. The van der Waals surface area contributed by atoms with Gasteiger partial charge in [0, 0.05) is 28.6 Å². The molecule has 0 unspecified atom stereocenters. The maximum Gasteiger partial charge on any atom is 0.454 e. The number of rotatable bonds is 3.